The SMILES string of the molecule is Cc1ccc2c(c1)nc(N)n2CCc1ccncc1. The summed E-state index contributed by atoms with van der Waals surface area (Å²) in [5.74, 6) is 0.578. The Bertz CT molecular complexity index is 701. The van der Waals surface area contributed by atoms with Gasteiger partial charge in [0, 0.05) is 18.9 Å². The lowest BCUT2D eigenvalue weighted by molar-refractivity contribution is 0.725. The second kappa shape index (κ2) is 4.72. The molecule has 0 spiro atoms. The Hall–Kier alpha value is -2.36. The maximum atomic E-state index is 6.01. The van der Waals surface area contributed by atoms with Gasteiger partial charge in [0.15, 0.2) is 0 Å². The van der Waals surface area contributed by atoms with Crippen LogP contribution in [0, 0.1) is 6.92 Å². The van der Waals surface area contributed by atoms with Crippen LogP contribution in [0.5, 0.6) is 0 Å². The van der Waals surface area contributed by atoms with Gasteiger partial charge >= 0.3 is 0 Å². The topological polar surface area (TPSA) is 56.7 Å². The van der Waals surface area contributed by atoms with Gasteiger partial charge in [-0.05, 0) is 48.7 Å². The molecule has 2 N–H and O–H groups in total. The molecule has 0 bridgehead atoms. The fourth-order valence-corrected chi connectivity index (χ4v) is 2.28. The van der Waals surface area contributed by atoms with Crippen molar-refractivity contribution in [2.75, 3.05) is 5.73 Å². The molecular weight excluding hydrogens is 236 g/mol. The van der Waals surface area contributed by atoms with Crippen molar-refractivity contribution in [3.8, 4) is 0 Å². The van der Waals surface area contributed by atoms with E-state index in [9.17, 15) is 0 Å². The van der Waals surface area contributed by atoms with Gasteiger partial charge in [0.1, 0.15) is 0 Å². The number of nitrogens with two attached hydrogens (primary N) is 1. The first kappa shape index (κ1) is 11.7. The number of aromatic nitrogens is 3. The second-order valence-corrected chi connectivity index (χ2v) is 4.72. The summed E-state index contributed by atoms with van der Waals surface area (Å²) in [5, 5.41) is 0. The number of aryl methyl sites for hydroxylation is 3. The van der Waals surface area contributed by atoms with Crippen LogP contribution in [-0.2, 0) is 13.0 Å². The molecule has 0 amide bonds. The van der Waals surface area contributed by atoms with Crippen LogP contribution >= 0.6 is 0 Å². The van der Waals surface area contributed by atoms with E-state index in [-0.39, 0.29) is 0 Å². The van der Waals surface area contributed by atoms with E-state index < -0.39 is 0 Å². The zero-order valence-electron chi connectivity index (χ0n) is 10.9. The number of fused-ring (bicyclic) bond motifs is 1. The lowest BCUT2D eigenvalue weighted by Gasteiger charge is -2.06. The van der Waals surface area contributed by atoms with E-state index >= 15 is 0 Å². The third-order valence-electron chi connectivity index (χ3n) is 3.31. The van der Waals surface area contributed by atoms with Crippen molar-refractivity contribution >= 4 is 17.0 Å². The van der Waals surface area contributed by atoms with E-state index in [1.807, 2.05) is 24.5 Å². The molecule has 0 saturated heterocycles. The van der Waals surface area contributed by atoms with Gasteiger partial charge in [0.25, 0.3) is 0 Å². The van der Waals surface area contributed by atoms with Crippen molar-refractivity contribution in [2.24, 2.45) is 0 Å². The highest BCUT2D eigenvalue weighted by molar-refractivity contribution is 5.79. The van der Waals surface area contributed by atoms with Gasteiger partial charge < -0.3 is 10.3 Å². The smallest absolute Gasteiger partial charge is 0.201 e. The molecule has 4 heteroatoms. The minimum Gasteiger partial charge on any atom is -0.369 e. The summed E-state index contributed by atoms with van der Waals surface area (Å²) < 4.78 is 2.06. The number of hydrogen-bond acceptors (Lipinski definition) is 3. The first-order chi connectivity index (χ1) is 9.24. The summed E-state index contributed by atoms with van der Waals surface area (Å²) in [6.45, 7) is 2.89. The van der Waals surface area contributed by atoms with Crippen molar-refractivity contribution in [3.63, 3.8) is 0 Å². The quantitative estimate of drug-likeness (QED) is 0.779. The lowest BCUT2D eigenvalue weighted by Crippen LogP contribution is -2.05. The van der Waals surface area contributed by atoms with Gasteiger partial charge in [0.05, 0.1) is 11.0 Å². The van der Waals surface area contributed by atoms with E-state index in [1.165, 1.54) is 11.1 Å². The van der Waals surface area contributed by atoms with Gasteiger partial charge in [-0.3, -0.25) is 4.98 Å². The van der Waals surface area contributed by atoms with Gasteiger partial charge in [-0.15, -0.1) is 0 Å². The largest absolute Gasteiger partial charge is 0.369 e. The summed E-state index contributed by atoms with van der Waals surface area (Å²) in [7, 11) is 0. The average molecular weight is 252 g/mol. The predicted octanol–water partition coefficient (Wildman–Crippen LogP) is 2.56. The normalized spacial score (nSPS) is 11.0. The van der Waals surface area contributed by atoms with Crippen molar-refractivity contribution < 1.29 is 0 Å². The van der Waals surface area contributed by atoms with Crippen LogP contribution in [0.3, 0.4) is 0 Å². The molecule has 0 aliphatic heterocycles. The van der Waals surface area contributed by atoms with Gasteiger partial charge in [-0.2, -0.15) is 0 Å². The number of pyridine rings is 1. The molecule has 19 heavy (non-hydrogen) atoms. The van der Waals surface area contributed by atoms with Gasteiger partial charge in [-0.1, -0.05) is 6.07 Å². The summed E-state index contributed by atoms with van der Waals surface area (Å²) in [5.41, 5.74) is 10.5. The van der Waals surface area contributed by atoms with Crippen LogP contribution in [-0.4, -0.2) is 14.5 Å². The number of rotatable bonds is 3. The molecule has 0 fully saturated rings. The van der Waals surface area contributed by atoms with Crippen molar-refractivity contribution in [1.82, 2.24) is 14.5 Å². The predicted molar refractivity (Wildman–Crippen MR) is 76.8 cm³/mol. The number of benzene rings is 1. The minimum absolute atomic E-state index is 0.578. The molecule has 0 aliphatic rings. The minimum atomic E-state index is 0.578. The number of anilines is 1. The average Bonchev–Trinajstić information content (AvgIpc) is 2.72. The number of nitrogen functional groups attached to an aromatic ring is 1. The zero-order chi connectivity index (χ0) is 13.2. The Morgan fingerprint density at radius 3 is 2.74 bits per heavy atom. The summed E-state index contributed by atoms with van der Waals surface area (Å²) in [4.78, 5) is 8.44. The summed E-state index contributed by atoms with van der Waals surface area (Å²) >= 11 is 0. The van der Waals surface area contributed by atoms with Gasteiger partial charge in [0.2, 0.25) is 5.95 Å². The van der Waals surface area contributed by atoms with Crippen LogP contribution in [0.15, 0.2) is 42.7 Å². The van der Waals surface area contributed by atoms with Gasteiger partial charge in [-0.25, -0.2) is 4.98 Å². The molecule has 2 heterocycles. The standard InChI is InChI=1S/C15H16N4/c1-11-2-3-14-13(10-11)18-15(16)19(14)9-6-12-4-7-17-8-5-12/h2-5,7-8,10H,6,9H2,1H3,(H2,16,18). The third-order valence-corrected chi connectivity index (χ3v) is 3.31. The fourth-order valence-electron chi connectivity index (χ4n) is 2.28. The molecule has 96 valence electrons. The summed E-state index contributed by atoms with van der Waals surface area (Å²) in [6, 6.07) is 10.3. The highest BCUT2D eigenvalue weighted by Gasteiger charge is 2.07. The molecule has 1 aromatic carbocycles. The third kappa shape index (κ3) is 2.29. The second-order valence-electron chi connectivity index (χ2n) is 4.72. The molecule has 3 aromatic rings. The lowest BCUT2D eigenvalue weighted by atomic mass is 10.2. The first-order valence-corrected chi connectivity index (χ1v) is 6.35. The van der Waals surface area contributed by atoms with E-state index in [0.29, 0.717) is 5.95 Å². The Kier molecular flexibility index (Phi) is 2.91. The molecule has 0 radical (unpaired) electrons. The first-order valence-electron chi connectivity index (χ1n) is 6.35. The Morgan fingerprint density at radius 1 is 1.16 bits per heavy atom. The van der Waals surface area contributed by atoms with Crippen LogP contribution in [0.2, 0.25) is 0 Å². The molecule has 3 rings (SSSR count). The molecule has 0 saturated carbocycles. The van der Waals surface area contributed by atoms with E-state index in [2.05, 4.69) is 39.7 Å². The molecule has 2 aromatic heterocycles. The Morgan fingerprint density at radius 2 is 1.95 bits per heavy atom. The molecule has 0 aliphatic carbocycles. The van der Waals surface area contributed by atoms with Crippen LogP contribution in [0.25, 0.3) is 11.0 Å². The van der Waals surface area contributed by atoms with Crippen molar-refractivity contribution in [3.05, 3.63) is 53.9 Å². The molecule has 4 nitrogen and oxygen atoms in total. The maximum absolute atomic E-state index is 6.01. The summed E-state index contributed by atoms with van der Waals surface area (Å²) in [6.07, 6.45) is 4.55. The number of hydrogen-bond donors (Lipinski definition) is 1. The fraction of sp³-hybridized carbons (Fsp3) is 0.200. The molecule has 0 atom stereocenters. The Balaban J connectivity index is 1.90. The van der Waals surface area contributed by atoms with E-state index in [1.54, 1.807) is 0 Å². The van der Waals surface area contributed by atoms with Crippen LogP contribution in [0.1, 0.15) is 11.1 Å². The van der Waals surface area contributed by atoms with Crippen LogP contribution in [0.4, 0.5) is 5.95 Å². The van der Waals surface area contributed by atoms with Crippen molar-refractivity contribution in [1.29, 1.82) is 0 Å². The van der Waals surface area contributed by atoms with Crippen LogP contribution < -0.4 is 5.73 Å². The van der Waals surface area contributed by atoms with E-state index in [4.69, 9.17) is 5.73 Å². The monoisotopic (exact) mass is 252 g/mol. The Labute approximate surface area is 111 Å². The van der Waals surface area contributed by atoms with Crippen molar-refractivity contribution in [2.45, 2.75) is 19.9 Å². The highest BCUT2D eigenvalue weighted by Crippen LogP contribution is 2.19. The molecular formula is C15H16N4. The highest BCUT2D eigenvalue weighted by atomic mass is 15.1. The number of nitrogens with zero attached hydrogens (tertiary/aromatic N) is 3. The maximum Gasteiger partial charge on any atom is 0.201 e. The number of imidazole rings is 1. The molecule has 0 unspecified atom stereocenters. The zero-order valence-corrected chi connectivity index (χ0v) is 10.9. The van der Waals surface area contributed by atoms with E-state index in [0.717, 1.165) is 24.0 Å².